The molecule has 20 heavy (non-hydrogen) atoms. The van der Waals surface area contributed by atoms with Gasteiger partial charge in [0, 0.05) is 25.7 Å². The van der Waals surface area contributed by atoms with Gasteiger partial charge in [-0.05, 0) is 20.8 Å². The lowest BCUT2D eigenvalue weighted by molar-refractivity contribution is -0.158. The van der Waals surface area contributed by atoms with Crippen molar-refractivity contribution < 1.29 is 24.2 Å². The van der Waals surface area contributed by atoms with Gasteiger partial charge in [-0.15, -0.1) is 0 Å². The van der Waals surface area contributed by atoms with Gasteiger partial charge >= 0.3 is 17.8 Å². The average molecular weight is 286 g/mol. The number of carbonyl (C=O) groups is 3. The number of rotatable bonds is 6. The van der Waals surface area contributed by atoms with Gasteiger partial charge in [-0.3, -0.25) is 14.4 Å². The topological polar surface area (TPSA) is 87.2 Å². The smallest absolute Gasteiger partial charge is 0.312 e. The fourth-order valence-corrected chi connectivity index (χ4v) is 2.09. The first-order chi connectivity index (χ1) is 9.36. The van der Waals surface area contributed by atoms with Crippen molar-refractivity contribution in [1.82, 2.24) is 9.80 Å². The molecule has 7 nitrogen and oxygen atoms in total. The lowest BCUT2D eigenvalue weighted by Crippen LogP contribution is -2.57. The minimum Gasteiger partial charge on any atom is -0.466 e. The predicted octanol–water partition coefficient (Wildman–Crippen LogP) is -0.620. The van der Waals surface area contributed by atoms with E-state index in [0.29, 0.717) is 13.1 Å². The maximum Gasteiger partial charge on any atom is 0.312 e. The summed E-state index contributed by atoms with van der Waals surface area (Å²) in [6.45, 7) is 6.38. The molecular formula is C13H22N2O5. The molecule has 0 radical (unpaired) electrons. The van der Waals surface area contributed by atoms with E-state index in [0.717, 1.165) is 0 Å². The number of ether oxygens (including phenoxy) is 1. The number of esters is 1. The van der Waals surface area contributed by atoms with E-state index in [4.69, 9.17) is 4.74 Å². The molecule has 0 aromatic rings. The second-order valence-electron chi connectivity index (χ2n) is 5.01. The molecule has 1 aliphatic rings. The van der Waals surface area contributed by atoms with Gasteiger partial charge in [-0.1, -0.05) is 0 Å². The average Bonchev–Trinajstić information content (AvgIpc) is 2.34. The lowest BCUT2D eigenvalue weighted by atomic mass is 10.2. The van der Waals surface area contributed by atoms with Crippen LogP contribution in [0.5, 0.6) is 0 Å². The highest BCUT2D eigenvalue weighted by molar-refractivity contribution is 6.35. The molecule has 1 fully saturated rings. The molecule has 7 heteroatoms. The van der Waals surface area contributed by atoms with Crippen molar-refractivity contribution >= 4 is 17.8 Å². The number of aliphatic hydroxyl groups is 1. The summed E-state index contributed by atoms with van der Waals surface area (Å²) in [7, 11) is 0. The lowest BCUT2D eigenvalue weighted by Gasteiger charge is -2.36. The Labute approximate surface area is 118 Å². The highest BCUT2D eigenvalue weighted by Gasteiger charge is 2.34. The molecule has 1 heterocycles. The van der Waals surface area contributed by atoms with Gasteiger partial charge in [0.2, 0.25) is 0 Å². The van der Waals surface area contributed by atoms with E-state index in [1.165, 1.54) is 9.80 Å². The van der Waals surface area contributed by atoms with Gasteiger partial charge in [0.1, 0.15) is 0 Å². The third-order valence-electron chi connectivity index (χ3n) is 3.10. The summed E-state index contributed by atoms with van der Waals surface area (Å²) >= 11 is 0. The van der Waals surface area contributed by atoms with Crippen molar-refractivity contribution in [2.24, 2.45) is 0 Å². The Balaban J connectivity index is 2.51. The van der Waals surface area contributed by atoms with Crippen molar-refractivity contribution in [3.8, 4) is 0 Å². The first kappa shape index (κ1) is 16.4. The number of amides is 2. The van der Waals surface area contributed by atoms with Gasteiger partial charge in [-0.25, -0.2) is 0 Å². The minimum atomic E-state index is -1.02. The van der Waals surface area contributed by atoms with Crippen LogP contribution in [0.1, 0.15) is 27.2 Å². The number of hydrogen-bond acceptors (Lipinski definition) is 5. The summed E-state index contributed by atoms with van der Waals surface area (Å²) in [6.07, 6.45) is -1.20. The molecule has 0 aromatic carbocycles. The molecule has 0 bridgehead atoms. The van der Waals surface area contributed by atoms with Crippen LogP contribution in [0.15, 0.2) is 0 Å². The summed E-state index contributed by atoms with van der Waals surface area (Å²) in [6, 6.07) is -0.0296. The van der Waals surface area contributed by atoms with Crippen molar-refractivity contribution in [3.05, 3.63) is 0 Å². The Bertz CT molecular complexity index is 383. The fraction of sp³-hybridized carbons (Fsp3) is 0.769. The van der Waals surface area contributed by atoms with Gasteiger partial charge in [0.15, 0.2) is 0 Å². The molecular weight excluding hydrogens is 264 g/mol. The number of nitrogens with zero attached hydrogens (tertiary/aromatic N) is 2. The number of β-amino-alcohol motifs (C(OH)–C–C–N with tert-alkyl or cyclic N) is 1. The van der Waals surface area contributed by atoms with E-state index in [1.54, 1.807) is 6.92 Å². The Hall–Kier alpha value is -1.63. The van der Waals surface area contributed by atoms with E-state index in [-0.39, 0.29) is 25.6 Å². The van der Waals surface area contributed by atoms with Crippen LogP contribution in [-0.2, 0) is 19.1 Å². The molecule has 1 aliphatic heterocycles. The van der Waals surface area contributed by atoms with Crippen LogP contribution in [0, 0.1) is 0 Å². The third-order valence-corrected chi connectivity index (χ3v) is 3.10. The van der Waals surface area contributed by atoms with E-state index in [9.17, 15) is 19.5 Å². The molecule has 2 amide bonds. The Kier molecular flexibility index (Phi) is 5.94. The third kappa shape index (κ3) is 4.19. The van der Waals surface area contributed by atoms with Gasteiger partial charge < -0.3 is 19.6 Å². The molecule has 0 spiro atoms. The number of aliphatic hydroxyl groups excluding tert-OH is 1. The second-order valence-corrected chi connectivity index (χ2v) is 5.01. The van der Waals surface area contributed by atoms with Crippen LogP contribution in [0.4, 0.5) is 0 Å². The van der Waals surface area contributed by atoms with E-state index in [1.807, 2.05) is 13.8 Å². The quantitative estimate of drug-likeness (QED) is 0.519. The van der Waals surface area contributed by atoms with Crippen molar-refractivity contribution in [1.29, 1.82) is 0 Å². The Morgan fingerprint density at radius 2 is 1.95 bits per heavy atom. The Morgan fingerprint density at radius 3 is 2.50 bits per heavy atom. The standard InChI is InChI=1S/C13H22N2O5/c1-4-20-11(17)7-10(16)8-14-5-6-15(9(2)3)13(19)12(14)18/h9-10,16H,4-8H2,1-3H3. The van der Waals surface area contributed by atoms with Crippen LogP contribution in [0.2, 0.25) is 0 Å². The molecule has 1 rings (SSSR count). The SMILES string of the molecule is CCOC(=O)CC(O)CN1CCN(C(C)C)C(=O)C1=O. The van der Waals surface area contributed by atoms with E-state index < -0.39 is 23.9 Å². The first-order valence-electron chi connectivity index (χ1n) is 6.80. The summed E-state index contributed by atoms with van der Waals surface area (Å²) in [5.41, 5.74) is 0. The molecule has 0 saturated carbocycles. The zero-order valence-electron chi connectivity index (χ0n) is 12.2. The number of piperazine rings is 1. The van der Waals surface area contributed by atoms with Crippen molar-refractivity contribution in [2.75, 3.05) is 26.2 Å². The van der Waals surface area contributed by atoms with Crippen LogP contribution in [0.25, 0.3) is 0 Å². The van der Waals surface area contributed by atoms with Crippen LogP contribution >= 0.6 is 0 Å². The fourth-order valence-electron chi connectivity index (χ4n) is 2.09. The molecule has 1 saturated heterocycles. The van der Waals surface area contributed by atoms with Gasteiger partial charge in [-0.2, -0.15) is 0 Å². The number of carbonyl (C=O) groups excluding carboxylic acids is 3. The molecule has 1 unspecified atom stereocenters. The Morgan fingerprint density at radius 1 is 1.30 bits per heavy atom. The van der Waals surface area contributed by atoms with Crippen LogP contribution in [-0.4, -0.2) is 71.1 Å². The predicted molar refractivity (Wildman–Crippen MR) is 70.7 cm³/mol. The summed E-state index contributed by atoms with van der Waals surface area (Å²) < 4.78 is 4.72. The van der Waals surface area contributed by atoms with Crippen molar-refractivity contribution in [3.63, 3.8) is 0 Å². The maximum absolute atomic E-state index is 11.9. The minimum absolute atomic E-state index is 0.0296. The highest BCUT2D eigenvalue weighted by Crippen LogP contribution is 2.10. The summed E-state index contributed by atoms with van der Waals surface area (Å²) in [5.74, 6) is -1.71. The number of hydrogen-bond donors (Lipinski definition) is 1. The summed E-state index contributed by atoms with van der Waals surface area (Å²) in [5, 5.41) is 9.76. The molecule has 1 atom stereocenters. The molecule has 0 aliphatic carbocycles. The highest BCUT2D eigenvalue weighted by atomic mass is 16.5. The largest absolute Gasteiger partial charge is 0.466 e. The van der Waals surface area contributed by atoms with Gasteiger partial charge in [0.05, 0.1) is 19.1 Å². The maximum atomic E-state index is 11.9. The van der Waals surface area contributed by atoms with Crippen LogP contribution in [0.3, 0.4) is 0 Å². The van der Waals surface area contributed by atoms with E-state index in [2.05, 4.69) is 0 Å². The van der Waals surface area contributed by atoms with E-state index >= 15 is 0 Å². The zero-order valence-corrected chi connectivity index (χ0v) is 12.2. The second kappa shape index (κ2) is 7.23. The van der Waals surface area contributed by atoms with Gasteiger partial charge in [0.25, 0.3) is 0 Å². The zero-order chi connectivity index (χ0) is 15.3. The molecule has 1 N–H and O–H groups in total. The first-order valence-corrected chi connectivity index (χ1v) is 6.80. The monoisotopic (exact) mass is 286 g/mol. The summed E-state index contributed by atoms with van der Waals surface area (Å²) in [4.78, 5) is 37.7. The molecule has 0 aromatic heterocycles. The van der Waals surface area contributed by atoms with Crippen LogP contribution < -0.4 is 0 Å². The molecule has 114 valence electrons. The van der Waals surface area contributed by atoms with Crippen molar-refractivity contribution in [2.45, 2.75) is 39.3 Å². The normalized spacial score (nSPS) is 17.6.